The molecule has 37 heavy (non-hydrogen) atoms. The van der Waals surface area contributed by atoms with Crippen LogP contribution in [-0.2, 0) is 16.0 Å². The fourth-order valence-electron chi connectivity index (χ4n) is 4.11. The average Bonchev–Trinajstić information content (AvgIpc) is 2.92. The van der Waals surface area contributed by atoms with Crippen molar-refractivity contribution in [1.82, 2.24) is 15.5 Å². The van der Waals surface area contributed by atoms with Crippen molar-refractivity contribution in [2.75, 3.05) is 44.7 Å². The molecule has 0 aromatic heterocycles. The quantitative estimate of drug-likeness (QED) is 0.344. The topological polar surface area (TPSA) is 91.9 Å². The van der Waals surface area contributed by atoms with Crippen LogP contribution in [0.15, 0.2) is 84.9 Å². The number of amides is 3. The SMILES string of the molecule is O=C(Nc1cccc(Oc2ccccc2)c1)N[C@H](Cc1ccccc1)C(=O)NCCCN1CCOCC1. The molecular formula is C29H34N4O4. The van der Waals surface area contributed by atoms with E-state index in [1.165, 1.54) is 0 Å². The van der Waals surface area contributed by atoms with Crippen LogP contribution in [-0.4, -0.2) is 62.3 Å². The number of rotatable bonds is 11. The maximum atomic E-state index is 13.0. The van der Waals surface area contributed by atoms with Crippen LogP contribution in [0, 0.1) is 0 Å². The van der Waals surface area contributed by atoms with E-state index in [1.807, 2.05) is 66.7 Å². The van der Waals surface area contributed by atoms with Gasteiger partial charge in [0.15, 0.2) is 0 Å². The molecule has 0 saturated carbocycles. The first-order valence-electron chi connectivity index (χ1n) is 12.7. The molecule has 8 nitrogen and oxygen atoms in total. The van der Waals surface area contributed by atoms with Crippen LogP contribution < -0.4 is 20.7 Å². The number of carbonyl (C=O) groups is 2. The third kappa shape index (κ3) is 8.93. The van der Waals surface area contributed by atoms with Crippen LogP contribution in [0.5, 0.6) is 11.5 Å². The Balaban J connectivity index is 1.32. The van der Waals surface area contributed by atoms with Crippen LogP contribution >= 0.6 is 0 Å². The van der Waals surface area contributed by atoms with E-state index in [0.29, 0.717) is 30.2 Å². The van der Waals surface area contributed by atoms with Crippen molar-refractivity contribution in [3.05, 3.63) is 90.5 Å². The van der Waals surface area contributed by atoms with E-state index in [-0.39, 0.29) is 5.91 Å². The number of morpholine rings is 1. The molecule has 3 amide bonds. The van der Waals surface area contributed by atoms with Crippen LogP contribution in [0.1, 0.15) is 12.0 Å². The zero-order valence-corrected chi connectivity index (χ0v) is 20.9. The van der Waals surface area contributed by atoms with E-state index in [2.05, 4.69) is 20.9 Å². The van der Waals surface area contributed by atoms with Gasteiger partial charge in [-0.05, 0) is 42.8 Å². The van der Waals surface area contributed by atoms with Gasteiger partial charge >= 0.3 is 6.03 Å². The molecule has 1 fully saturated rings. The zero-order chi connectivity index (χ0) is 25.7. The van der Waals surface area contributed by atoms with Crippen molar-refractivity contribution < 1.29 is 19.1 Å². The minimum Gasteiger partial charge on any atom is -0.457 e. The largest absolute Gasteiger partial charge is 0.457 e. The summed E-state index contributed by atoms with van der Waals surface area (Å²) in [7, 11) is 0. The molecule has 0 unspecified atom stereocenters. The molecule has 1 aliphatic heterocycles. The Morgan fingerprint density at radius 2 is 1.59 bits per heavy atom. The van der Waals surface area contributed by atoms with E-state index in [4.69, 9.17) is 9.47 Å². The van der Waals surface area contributed by atoms with E-state index < -0.39 is 12.1 Å². The van der Waals surface area contributed by atoms with E-state index in [9.17, 15) is 9.59 Å². The van der Waals surface area contributed by atoms with Gasteiger partial charge in [0.05, 0.1) is 13.2 Å². The molecule has 0 bridgehead atoms. The molecule has 1 aliphatic rings. The molecule has 0 radical (unpaired) electrons. The Morgan fingerprint density at radius 1 is 0.892 bits per heavy atom. The lowest BCUT2D eigenvalue weighted by Crippen LogP contribution is -2.49. The summed E-state index contributed by atoms with van der Waals surface area (Å²) in [6.45, 7) is 4.80. The number of nitrogens with one attached hydrogen (secondary N) is 3. The highest BCUT2D eigenvalue weighted by Gasteiger charge is 2.21. The Bertz CT molecular complexity index is 1120. The predicted octanol–water partition coefficient (Wildman–Crippen LogP) is 4.05. The first-order valence-corrected chi connectivity index (χ1v) is 12.7. The molecule has 8 heteroatoms. The number of hydrogen-bond acceptors (Lipinski definition) is 5. The zero-order valence-electron chi connectivity index (χ0n) is 20.9. The van der Waals surface area contributed by atoms with Gasteiger partial charge in [-0.25, -0.2) is 4.79 Å². The van der Waals surface area contributed by atoms with Gasteiger partial charge in [-0.1, -0.05) is 54.6 Å². The fourth-order valence-corrected chi connectivity index (χ4v) is 4.11. The minimum atomic E-state index is -0.713. The maximum absolute atomic E-state index is 13.0. The lowest BCUT2D eigenvalue weighted by atomic mass is 10.1. The molecule has 0 aliphatic carbocycles. The van der Waals surface area contributed by atoms with Crippen LogP contribution in [0.3, 0.4) is 0 Å². The first-order chi connectivity index (χ1) is 18.2. The molecular weight excluding hydrogens is 468 g/mol. The predicted molar refractivity (Wildman–Crippen MR) is 144 cm³/mol. The summed E-state index contributed by atoms with van der Waals surface area (Å²) in [5.74, 6) is 1.10. The number of benzene rings is 3. The van der Waals surface area contributed by atoms with Gasteiger partial charge in [-0.15, -0.1) is 0 Å². The standard InChI is InChI=1S/C29H34N4O4/c34-28(30-15-8-16-33-17-19-36-20-18-33)27(21-23-9-3-1-4-10-23)32-29(35)31-24-11-7-14-26(22-24)37-25-12-5-2-6-13-25/h1-7,9-14,22,27H,8,15-21H2,(H,30,34)(H2,31,32,35)/t27-/m1/s1. The van der Waals surface area contributed by atoms with Gasteiger partial charge in [0.2, 0.25) is 5.91 Å². The molecule has 1 atom stereocenters. The number of nitrogens with zero attached hydrogens (tertiary/aromatic N) is 1. The number of ether oxygens (including phenoxy) is 2. The van der Waals surface area contributed by atoms with Crippen LogP contribution in [0.2, 0.25) is 0 Å². The second-order valence-electron chi connectivity index (χ2n) is 8.88. The van der Waals surface area contributed by atoms with Gasteiger partial charge in [0.25, 0.3) is 0 Å². The average molecular weight is 503 g/mol. The normalized spacial score (nSPS) is 14.4. The molecule has 0 spiro atoms. The molecule has 3 aromatic rings. The molecule has 194 valence electrons. The summed E-state index contributed by atoms with van der Waals surface area (Å²) in [6.07, 6.45) is 1.23. The highest BCUT2D eigenvalue weighted by molar-refractivity contribution is 5.94. The Hall–Kier alpha value is -3.88. The van der Waals surface area contributed by atoms with E-state index in [1.54, 1.807) is 18.2 Å². The third-order valence-electron chi connectivity index (χ3n) is 6.03. The van der Waals surface area contributed by atoms with Crippen molar-refractivity contribution in [2.24, 2.45) is 0 Å². The summed E-state index contributed by atoms with van der Waals surface area (Å²) >= 11 is 0. The maximum Gasteiger partial charge on any atom is 0.319 e. The van der Waals surface area contributed by atoms with Gasteiger partial charge < -0.3 is 25.4 Å². The van der Waals surface area contributed by atoms with Crippen LogP contribution in [0.25, 0.3) is 0 Å². The molecule has 1 heterocycles. The Labute approximate surface area is 218 Å². The van der Waals surface area contributed by atoms with Crippen molar-refractivity contribution in [1.29, 1.82) is 0 Å². The first kappa shape index (κ1) is 26.2. The summed E-state index contributed by atoms with van der Waals surface area (Å²) in [4.78, 5) is 28.2. The number of carbonyl (C=O) groups excluding carboxylic acids is 2. The highest BCUT2D eigenvalue weighted by atomic mass is 16.5. The van der Waals surface area contributed by atoms with Gasteiger partial charge in [-0.2, -0.15) is 0 Å². The molecule has 3 N–H and O–H groups in total. The van der Waals surface area contributed by atoms with E-state index in [0.717, 1.165) is 44.8 Å². The number of urea groups is 1. The number of para-hydroxylation sites is 1. The third-order valence-corrected chi connectivity index (χ3v) is 6.03. The molecule has 1 saturated heterocycles. The lowest BCUT2D eigenvalue weighted by Gasteiger charge is -2.26. The van der Waals surface area contributed by atoms with Crippen molar-refractivity contribution in [3.63, 3.8) is 0 Å². The Kier molecular flexibility index (Phi) is 9.92. The smallest absolute Gasteiger partial charge is 0.319 e. The molecule has 3 aromatic carbocycles. The second-order valence-corrected chi connectivity index (χ2v) is 8.88. The van der Waals surface area contributed by atoms with Gasteiger partial charge in [-0.3, -0.25) is 9.69 Å². The van der Waals surface area contributed by atoms with Crippen molar-refractivity contribution >= 4 is 17.6 Å². The van der Waals surface area contributed by atoms with Gasteiger partial charge in [0.1, 0.15) is 17.5 Å². The van der Waals surface area contributed by atoms with Crippen molar-refractivity contribution in [2.45, 2.75) is 18.9 Å². The summed E-state index contributed by atoms with van der Waals surface area (Å²) in [6, 6.07) is 25.1. The fraction of sp³-hybridized carbons (Fsp3) is 0.310. The minimum absolute atomic E-state index is 0.206. The van der Waals surface area contributed by atoms with Gasteiger partial charge in [0, 0.05) is 37.8 Å². The Morgan fingerprint density at radius 3 is 2.35 bits per heavy atom. The van der Waals surface area contributed by atoms with Crippen LogP contribution in [0.4, 0.5) is 10.5 Å². The summed E-state index contributed by atoms with van der Waals surface area (Å²) in [5.41, 5.74) is 1.53. The summed E-state index contributed by atoms with van der Waals surface area (Å²) in [5, 5.41) is 8.65. The number of anilines is 1. The number of hydrogen-bond donors (Lipinski definition) is 3. The van der Waals surface area contributed by atoms with Crippen molar-refractivity contribution in [3.8, 4) is 11.5 Å². The lowest BCUT2D eigenvalue weighted by molar-refractivity contribution is -0.122. The van der Waals surface area contributed by atoms with E-state index >= 15 is 0 Å². The second kappa shape index (κ2) is 14.0. The summed E-state index contributed by atoms with van der Waals surface area (Å²) < 4.78 is 11.2. The molecule has 4 rings (SSSR count). The monoisotopic (exact) mass is 502 g/mol. The highest BCUT2D eigenvalue weighted by Crippen LogP contribution is 2.23.